The highest BCUT2D eigenvalue weighted by atomic mass is 31.2. The molecule has 0 radical (unpaired) electrons. The second-order valence-electron chi connectivity index (χ2n) is 4.84. The van der Waals surface area contributed by atoms with E-state index in [1.165, 1.54) is 0 Å². The fraction of sp³-hybridized carbons (Fsp3) is 0.176. The van der Waals surface area contributed by atoms with Crippen LogP contribution in [0.3, 0.4) is 0 Å². The van der Waals surface area contributed by atoms with E-state index in [4.69, 9.17) is 0 Å². The molecule has 0 heterocycles. The van der Waals surface area contributed by atoms with Crippen molar-refractivity contribution >= 4 is 17.8 Å². The predicted octanol–water partition coefficient (Wildman–Crippen LogP) is 3.97. The van der Waals surface area contributed by atoms with Gasteiger partial charge in [-0.05, 0) is 13.3 Å². The highest BCUT2D eigenvalue weighted by Gasteiger charge is 2.26. The van der Waals surface area contributed by atoms with Gasteiger partial charge in [0.15, 0.2) is 0 Å². The minimum Gasteiger partial charge on any atom is -0.314 e. The Hall–Kier alpha value is -1.59. The fourth-order valence-electron chi connectivity index (χ4n) is 2.09. The van der Waals surface area contributed by atoms with Gasteiger partial charge in [0, 0.05) is 16.8 Å². The second-order valence-corrected chi connectivity index (χ2v) is 7.80. The first-order valence-corrected chi connectivity index (χ1v) is 8.37. The normalized spacial score (nSPS) is 11.2. The van der Waals surface area contributed by atoms with Crippen molar-refractivity contribution in [2.24, 2.45) is 0 Å². The van der Waals surface area contributed by atoms with E-state index in [1.54, 1.807) is 0 Å². The average molecular weight is 270 g/mol. The molecular formula is C17H19OP. The molecule has 2 rings (SSSR count). The molecule has 19 heavy (non-hydrogen) atoms. The molecular weight excluding hydrogens is 251 g/mol. The number of hydrogen-bond donors (Lipinski definition) is 0. The van der Waals surface area contributed by atoms with Gasteiger partial charge in [0.2, 0.25) is 0 Å². The second kappa shape index (κ2) is 6.04. The molecule has 1 nitrogen and oxygen atoms in total. The van der Waals surface area contributed by atoms with Crippen LogP contribution < -0.4 is 10.6 Å². The molecule has 98 valence electrons. The van der Waals surface area contributed by atoms with E-state index in [0.717, 1.165) is 22.6 Å². The fourth-order valence-corrected chi connectivity index (χ4v) is 4.91. The number of rotatable bonds is 5. The third-order valence-corrected chi connectivity index (χ3v) is 6.32. The summed E-state index contributed by atoms with van der Waals surface area (Å²) in [6.07, 6.45) is 1.44. The summed E-state index contributed by atoms with van der Waals surface area (Å²) in [5.41, 5.74) is 1.08. The van der Waals surface area contributed by atoms with Crippen LogP contribution in [0.15, 0.2) is 72.8 Å². The van der Waals surface area contributed by atoms with Gasteiger partial charge in [0.25, 0.3) is 0 Å². The van der Waals surface area contributed by atoms with E-state index in [1.807, 2.05) is 67.6 Å². The van der Waals surface area contributed by atoms with E-state index < -0.39 is 7.14 Å². The Morgan fingerprint density at radius 2 is 1.37 bits per heavy atom. The highest BCUT2D eigenvalue weighted by Crippen LogP contribution is 2.44. The molecule has 0 atom stereocenters. The Balaban J connectivity index is 2.45. The van der Waals surface area contributed by atoms with Gasteiger partial charge in [-0.15, -0.1) is 6.58 Å². The molecule has 0 spiro atoms. The lowest BCUT2D eigenvalue weighted by Gasteiger charge is -2.19. The standard InChI is InChI=1S/C17H19OP/c1-15(2)13-14-19(18,16-9-5-3-6-10-16)17-11-7-4-8-12-17/h3-12H,1,13-14H2,2H3. The molecule has 0 aliphatic carbocycles. The van der Waals surface area contributed by atoms with Gasteiger partial charge in [-0.3, -0.25) is 0 Å². The minimum atomic E-state index is -2.54. The van der Waals surface area contributed by atoms with Crippen LogP contribution >= 0.6 is 7.14 Å². The van der Waals surface area contributed by atoms with Crippen LogP contribution in [0.2, 0.25) is 0 Å². The Morgan fingerprint density at radius 1 is 0.947 bits per heavy atom. The van der Waals surface area contributed by atoms with Gasteiger partial charge in [0.05, 0.1) is 0 Å². The minimum absolute atomic E-state index is 0.649. The van der Waals surface area contributed by atoms with E-state index in [9.17, 15) is 4.57 Å². The van der Waals surface area contributed by atoms with Crippen molar-refractivity contribution in [3.63, 3.8) is 0 Å². The third-order valence-electron chi connectivity index (χ3n) is 3.20. The first-order chi connectivity index (χ1) is 9.13. The highest BCUT2D eigenvalue weighted by molar-refractivity contribution is 7.78. The maximum absolute atomic E-state index is 13.5. The number of benzene rings is 2. The summed E-state index contributed by atoms with van der Waals surface area (Å²) in [5, 5.41) is 1.87. The largest absolute Gasteiger partial charge is 0.314 e. The van der Waals surface area contributed by atoms with Gasteiger partial charge < -0.3 is 4.57 Å². The van der Waals surface area contributed by atoms with Crippen molar-refractivity contribution in [1.29, 1.82) is 0 Å². The lowest BCUT2D eigenvalue weighted by Crippen LogP contribution is -2.18. The van der Waals surface area contributed by atoms with Crippen LogP contribution in [-0.4, -0.2) is 6.16 Å². The van der Waals surface area contributed by atoms with Gasteiger partial charge in [-0.2, -0.15) is 0 Å². The molecule has 0 aliphatic heterocycles. The van der Waals surface area contributed by atoms with Crippen LogP contribution in [0.25, 0.3) is 0 Å². The van der Waals surface area contributed by atoms with Gasteiger partial charge in [0.1, 0.15) is 7.14 Å². The molecule has 0 unspecified atom stereocenters. The number of hydrogen-bond acceptors (Lipinski definition) is 1. The summed E-state index contributed by atoms with van der Waals surface area (Å²) in [6.45, 7) is 5.91. The molecule has 2 aromatic rings. The predicted molar refractivity (Wildman–Crippen MR) is 84.1 cm³/mol. The van der Waals surface area contributed by atoms with Crippen LogP contribution in [-0.2, 0) is 4.57 Å². The molecule has 0 saturated heterocycles. The topological polar surface area (TPSA) is 17.1 Å². The van der Waals surface area contributed by atoms with Crippen LogP contribution in [0.4, 0.5) is 0 Å². The SMILES string of the molecule is C=C(C)CCP(=O)(c1ccccc1)c1ccccc1. The molecule has 0 N–H and O–H groups in total. The summed E-state index contributed by atoms with van der Waals surface area (Å²) >= 11 is 0. The maximum atomic E-state index is 13.5. The lowest BCUT2D eigenvalue weighted by molar-refractivity contribution is 0.586. The van der Waals surface area contributed by atoms with Crippen LogP contribution in [0.5, 0.6) is 0 Å². The zero-order valence-electron chi connectivity index (χ0n) is 11.3. The smallest absolute Gasteiger partial charge is 0.143 e. The van der Waals surface area contributed by atoms with Gasteiger partial charge in [-0.1, -0.05) is 66.2 Å². The van der Waals surface area contributed by atoms with E-state index >= 15 is 0 Å². The van der Waals surface area contributed by atoms with Crippen molar-refractivity contribution in [3.05, 3.63) is 72.8 Å². The van der Waals surface area contributed by atoms with Gasteiger partial charge >= 0.3 is 0 Å². The Labute approximate surface area is 115 Å². The lowest BCUT2D eigenvalue weighted by atomic mass is 10.3. The van der Waals surface area contributed by atoms with Crippen molar-refractivity contribution < 1.29 is 4.57 Å². The zero-order valence-corrected chi connectivity index (χ0v) is 12.1. The Kier molecular flexibility index (Phi) is 4.39. The first kappa shape index (κ1) is 13.8. The third kappa shape index (κ3) is 3.24. The monoisotopic (exact) mass is 270 g/mol. The molecule has 0 saturated carbocycles. The van der Waals surface area contributed by atoms with Crippen molar-refractivity contribution in [2.75, 3.05) is 6.16 Å². The molecule has 0 bridgehead atoms. The van der Waals surface area contributed by atoms with Crippen molar-refractivity contribution in [3.8, 4) is 0 Å². The Morgan fingerprint density at radius 3 is 1.74 bits per heavy atom. The first-order valence-electron chi connectivity index (χ1n) is 6.47. The summed E-state index contributed by atoms with van der Waals surface area (Å²) < 4.78 is 13.5. The van der Waals surface area contributed by atoms with Crippen LogP contribution in [0, 0.1) is 0 Å². The molecule has 0 amide bonds. The molecule has 2 aromatic carbocycles. The van der Waals surface area contributed by atoms with E-state index in [-0.39, 0.29) is 0 Å². The summed E-state index contributed by atoms with van der Waals surface area (Å²) in [5.74, 6) is 0. The van der Waals surface area contributed by atoms with Crippen LogP contribution in [0.1, 0.15) is 13.3 Å². The molecule has 0 aliphatic rings. The van der Waals surface area contributed by atoms with Crippen molar-refractivity contribution in [2.45, 2.75) is 13.3 Å². The summed E-state index contributed by atoms with van der Waals surface area (Å²) in [4.78, 5) is 0. The molecule has 2 heteroatoms. The molecule has 0 aromatic heterocycles. The number of allylic oxidation sites excluding steroid dienone is 1. The maximum Gasteiger partial charge on any atom is 0.143 e. The van der Waals surface area contributed by atoms with Gasteiger partial charge in [-0.25, -0.2) is 0 Å². The average Bonchev–Trinajstić information content (AvgIpc) is 2.46. The van der Waals surface area contributed by atoms with E-state index in [0.29, 0.717) is 6.16 Å². The quantitative estimate of drug-likeness (QED) is 0.593. The molecule has 0 fully saturated rings. The summed E-state index contributed by atoms with van der Waals surface area (Å²) in [7, 11) is -2.54. The van der Waals surface area contributed by atoms with E-state index in [2.05, 4.69) is 6.58 Å². The Bertz CT molecular complexity index is 544. The zero-order chi connectivity index (χ0) is 13.7. The van der Waals surface area contributed by atoms with Crippen molar-refractivity contribution in [1.82, 2.24) is 0 Å². The summed E-state index contributed by atoms with van der Waals surface area (Å²) in [6, 6.07) is 19.6.